The molecule has 0 amide bonds. The van der Waals surface area contributed by atoms with Crippen LogP contribution in [0.5, 0.6) is 0 Å². The molecule has 11 heteroatoms. The monoisotopic (exact) mass is 463 g/mol. The van der Waals surface area contributed by atoms with Crippen molar-refractivity contribution in [2.45, 2.75) is 44.3 Å². The second kappa shape index (κ2) is 7.98. The van der Waals surface area contributed by atoms with Crippen molar-refractivity contribution < 1.29 is 27.5 Å². The highest BCUT2D eigenvalue weighted by Crippen LogP contribution is 2.44. The molecule has 170 valence electrons. The van der Waals surface area contributed by atoms with Crippen LogP contribution in [-0.4, -0.2) is 40.8 Å². The summed E-state index contributed by atoms with van der Waals surface area (Å²) in [6.07, 6.45) is -1.77. The average Bonchev–Trinajstić information content (AvgIpc) is 3.38. The van der Waals surface area contributed by atoms with Crippen LogP contribution in [0, 0.1) is 18.7 Å². The van der Waals surface area contributed by atoms with Gasteiger partial charge in [-0.2, -0.15) is 13.2 Å². The predicted octanol–water partition coefficient (Wildman–Crippen LogP) is 3.46. The van der Waals surface area contributed by atoms with E-state index in [1.165, 1.54) is 11.0 Å². The van der Waals surface area contributed by atoms with Crippen molar-refractivity contribution in [1.82, 2.24) is 4.40 Å². The first kappa shape index (κ1) is 23.3. The molecule has 31 heavy (non-hydrogen) atoms. The third kappa shape index (κ3) is 3.98. The van der Waals surface area contributed by atoms with Crippen LogP contribution in [0.2, 0.25) is 0 Å². The number of anilines is 1. The van der Waals surface area contributed by atoms with E-state index < -0.39 is 41.0 Å². The summed E-state index contributed by atoms with van der Waals surface area (Å²) in [5.74, 6) is -2.96. The van der Waals surface area contributed by atoms with Crippen LogP contribution < -0.4 is 16.2 Å². The van der Waals surface area contributed by atoms with Crippen LogP contribution in [-0.2, 0) is 0 Å². The van der Waals surface area contributed by atoms with Crippen molar-refractivity contribution in [3.05, 3.63) is 45.1 Å². The number of hydrogen-bond acceptors (Lipinski definition) is 4. The molecule has 2 aromatic heterocycles. The third-order valence-electron chi connectivity index (χ3n) is 6.12. The van der Waals surface area contributed by atoms with Gasteiger partial charge in [-0.25, -0.2) is 9.18 Å². The summed E-state index contributed by atoms with van der Waals surface area (Å²) < 4.78 is 55.0. The number of carboxylic acids is 1. The number of carboxylic acid groups (broad SMARTS) is 1. The lowest BCUT2D eigenvalue weighted by atomic mass is 9.99. The van der Waals surface area contributed by atoms with Gasteiger partial charge in [0.05, 0.1) is 17.4 Å². The van der Waals surface area contributed by atoms with E-state index in [9.17, 15) is 27.9 Å². The highest BCUT2D eigenvalue weighted by molar-refractivity contribution is 5.89. The molecular formula is C20H22ClF4N3O3. The highest BCUT2D eigenvalue weighted by Gasteiger charge is 2.44. The van der Waals surface area contributed by atoms with Gasteiger partial charge in [0.2, 0.25) is 0 Å². The first-order valence-electron chi connectivity index (χ1n) is 9.69. The summed E-state index contributed by atoms with van der Waals surface area (Å²) >= 11 is 0. The molecule has 0 aromatic carbocycles. The van der Waals surface area contributed by atoms with Crippen molar-refractivity contribution in [3.63, 3.8) is 0 Å². The lowest BCUT2D eigenvalue weighted by molar-refractivity contribution is -0.157. The van der Waals surface area contributed by atoms with E-state index in [2.05, 4.69) is 0 Å². The molecule has 1 saturated heterocycles. The van der Waals surface area contributed by atoms with E-state index >= 15 is 4.39 Å². The first-order chi connectivity index (χ1) is 14.0. The minimum Gasteiger partial charge on any atom is -0.477 e. The molecule has 6 nitrogen and oxygen atoms in total. The number of aryl methyl sites for hydroxylation is 1. The molecule has 0 radical (unpaired) electrons. The normalized spacial score (nSPS) is 20.1. The van der Waals surface area contributed by atoms with Gasteiger partial charge in [-0.3, -0.25) is 9.20 Å². The Morgan fingerprint density at radius 1 is 1.29 bits per heavy atom. The molecule has 2 fully saturated rings. The molecule has 1 aliphatic heterocycles. The number of pyridine rings is 2. The van der Waals surface area contributed by atoms with Crippen molar-refractivity contribution in [3.8, 4) is 0 Å². The number of rotatable bonds is 4. The van der Waals surface area contributed by atoms with Crippen LogP contribution in [0.25, 0.3) is 5.52 Å². The zero-order valence-corrected chi connectivity index (χ0v) is 17.4. The fraction of sp³-hybridized carbons (Fsp3) is 0.500. The molecule has 2 aliphatic rings. The molecule has 1 saturated carbocycles. The Balaban J connectivity index is 0.00000272. The summed E-state index contributed by atoms with van der Waals surface area (Å²) in [4.78, 5) is 25.6. The predicted molar refractivity (Wildman–Crippen MR) is 109 cm³/mol. The highest BCUT2D eigenvalue weighted by atomic mass is 35.5. The van der Waals surface area contributed by atoms with Crippen molar-refractivity contribution >= 4 is 29.6 Å². The maximum Gasteiger partial charge on any atom is 0.403 e. The Morgan fingerprint density at radius 2 is 1.94 bits per heavy atom. The summed E-state index contributed by atoms with van der Waals surface area (Å²) in [6, 6.07) is -0.646. The van der Waals surface area contributed by atoms with Crippen LogP contribution in [0.3, 0.4) is 0 Å². The quantitative estimate of drug-likeness (QED) is 0.678. The van der Waals surface area contributed by atoms with Gasteiger partial charge < -0.3 is 15.7 Å². The van der Waals surface area contributed by atoms with Crippen LogP contribution >= 0.6 is 12.4 Å². The van der Waals surface area contributed by atoms with E-state index in [0.29, 0.717) is 16.6 Å². The van der Waals surface area contributed by atoms with E-state index in [1.807, 2.05) is 0 Å². The lowest BCUT2D eigenvalue weighted by Crippen LogP contribution is -2.44. The second-order valence-electron chi connectivity index (χ2n) is 8.13. The maximum absolute atomic E-state index is 15.1. The maximum atomic E-state index is 15.1. The zero-order chi connectivity index (χ0) is 22.0. The van der Waals surface area contributed by atoms with Gasteiger partial charge in [0, 0.05) is 19.0 Å². The molecule has 4 rings (SSSR count). The van der Waals surface area contributed by atoms with E-state index in [-0.39, 0.29) is 43.5 Å². The Kier molecular flexibility index (Phi) is 6.01. The molecule has 1 aliphatic carbocycles. The largest absolute Gasteiger partial charge is 0.477 e. The fourth-order valence-electron chi connectivity index (χ4n) is 4.44. The van der Waals surface area contributed by atoms with Gasteiger partial charge >= 0.3 is 12.1 Å². The van der Waals surface area contributed by atoms with Crippen LogP contribution in [0.4, 0.5) is 23.2 Å². The Hall–Kier alpha value is -2.33. The van der Waals surface area contributed by atoms with Crippen molar-refractivity contribution in [2.24, 2.45) is 11.7 Å². The summed E-state index contributed by atoms with van der Waals surface area (Å²) in [7, 11) is 0. The number of nitrogens with zero attached hydrogens (tertiary/aromatic N) is 2. The van der Waals surface area contributed by atoms with Gasteiger partial charge in [0.25, 0.3) is 5.56 Å². The first-order valence-corrected chi connectivity index (χ1v) is 9.69. The van der Waals surface area contributed by atoms with E-state index in [1.54, 1.807) is 6.92 Å². The van der Waals surface area contributed by atoms with E-state index in [4.69, 9.17) is 5.73 Å². The number of hydrogen-bond donors (Lipinski definition) is 2. The smallest absolute Gasteiger partial charge is 0.403 e. The van der Waals surface area contributed by atoms with Gasteiger partial charge in [-0.1, -0.05) is 0 Å². The zero-order valence-electron chi connectivity index (χ0n) is 16.6. The molecule has 0 unspecified atom stereocenters. The second-order valence-corrected chi connectivity index (χ2v) is 8.13. The topological polar surface area (TPSA) is 88.0 Å². The molecule has 2 atom stereocenters. The standard InChI is InChI=1S/C20H21F4N3O3.ClH/c1-9-15-12(10-2-3-10)6-13(19(29)30)18(28)27(15)8-14(21)16(9)26-5-4-11(7-26)17(25)20(22,23)24;/h6,8,10-11,17H,2-5,7,25H2,1H3,(H,29,30);1H/t11-,17-;/m0./s1. The molecule has 0 spiro atoms. The SMILES string of the molecule is Cc1c(N2CC[C@H]([C@H](N)C(F)(F)F)C2)c(F)cn2c(=O)c(C(=O)O)cc(C3CC3)c12.Cl. The number of aromatic nitrogens is 1. The average molecular weight is 464 g/mol. The van der Waals surface area contributed by atoms with Crippen LogP contribution in [0.15, 0.2) is 17.1 Å². The Morgan fingerprint density at radius 3 is 2.48 bits per heavy atom. The van der Waals surface area contributed by atoms with Gasteiger partial charge in [0.15, 0.2) is 5.82 Å². The van der Waals surface area contributed by atoms with Crippen molar-refractivity contribution in [1.29, 1.82) is 0 Å². The number of nitrogens with two attached hydrogens (primary N) is 1. The number of fused-ring (bicyclic) bond motifs is 1. The molecular weight excluding hydrogens is 442 g/mol. The molecule has 0 bridgehead atoms. The van der Waals surface area contributed by atoms with E-state index in [0.717, 1.165) is 23.4 Å². The minimum atomic E-state index is -4.53. The number of alkyl halides is 3. The Labute approximate surface area is 181 Å². The summed E-state index contributed by atoms with van der Waals surface area (Å²) in [5.41, 5.74) is 5.70. The van der Waals surface area contributed by atoms with Crippen molar-refractivity contribution in [2.75, 3.05) is 18.0 Å². The minimum absolute atomic E-state index is 0. The molecule has 3 N–H and O–H groups in total. The third-order valence-corrected chi connectivity index (χ3v) is 6.12. The van der Waals surface area contributed by atoms with Gasteiger partial charge in [-0.15, -0.1) is 12.4 Å². The van der Waals surface area contributed by atoms with Gasteiger partial charge in [0.1, 0.15) is 11.6 Å². The molecule has 3 heterocycles. The number of carbonyl (C=O) groups is 1. The number of halogens is 5. The molecule has 2 aromatic rings. The van der Waals surface area contributed by atoms with Crippen LogP contribution in [0.1, 0.15) is 46.7 Å². The summed E-state index contributed by atoms with van der Waals surface area (Å²) in [5, 5.41) is 9.35. The number of aromatic carboxylic acids is 1. The van der Waals surface area contributed by atoms with Gasteiger partial charge in [-0.05, 0) is 49.3 Å². The summed E-state index contributed by atoms with van der Waals surface area (Å²) in [6.45, 7) is 1.76. The lowest BCUT2D eigenvalue weighted by Gasteiger charge is -2.26. The fourth-order valence-corrected chi connectivity index (χ4v) is 4.44. The Bertz CT molecular complexity index is 1100.